The number of fused-ring (bicyclic) bond motifs is 2. The Kier molecular flexibility index (Phi) is 10.2. The van der Waals surface area contributed by atoms with Crippen LogP contribution in [0.2, 0.25) is 5.02 Å². The summed E-state index contributed by atoms with van der Waals surface area (Å²) in [6.07, 6.45) is 6.14. The predicted octanol–water partition coefficient (Wildman–Crippen LogP) is 17.0. The van der Waals surface area contributed by atoms with E-state index in [0.29, 0.717) is 10.9 Å². The third-order valence-electron chi connectivity index (χ3n) is 12.1. The molecule has 0 aromatic heterocycles. The maximum absolute atomic E-state index is 7.89. The molecule has 1 saturated carbocycles. The maximum Gasteiger partial charge on any atom is 0.0887 e. The fourth-order valence-corrected chi connectivity index (χ4v) is 9.24. The van der Waals surface area contributed by atoms with Gasteiger partial charge in [-0.05, 0) is 141 Å². The molecule has 0 N–H and O–H groups in total. The third kappa shape index (κ3) is 7.49. The highest BCUT2D eigenvalue weighted by Crippen LogP contribution is 2.50. The second-order valence-electron chi connectivity index (χ2n) is 15.8. The van der Waals surface area contributed by atoms with Crippen molar-refractivity contribution in [2.45, 2.75) is 38.0 Å². The number of halogens is 1. The molecule has 9 aromatic carbocycles. The van der Waals surface area contributed by atoms with Crippen LogP contribution in [0.4, 0.5) is 34.1 Å². The molecule has 1 aliphatic carbocycles. The Balaban J connectivity index is 1.15. The van der Waals surface area contributed by atoms with E-state index in [1.54, 1.807) is 0 Å². The summed E-state index contributed by atoms with van der Waals surface area (Å²) < 4.78 is 0. The summed E-state index contributed by atoms with van der Waals surface area (Å²) in [5, 5.41) is 5.67. The molecular weight excluding hydrogens is 736 g/mol. The zero-order chi connectivity index (χ0) is 39.5. The van der Waals surface area contributed by atoms with Crippen molar-refractivity contribution in [1.29, 1.82) is 0 Å². The summed E-state index contributed by atoms with van der Waals surface area (Å²) in [4.78, 5) is 4.68. The topological polar surface area (TPSA) is 6.48 Å². The molecule has 0 heterocycles. The van der Waals surface area contributed by atoms with Gasteiger partial charge in [0, 0.05) is 22.7 Å². The zero-order valence-electron chi connectivity index (χ0n) is 33.0. The van der Waals surface area contributed by atoms with Crippen LogP contribution in [0.25, 0.3) is 43.8 Å². The standard InChI is InChI=1S/C56H45ClN2/c57-56-54(58(50-20-6-2-7-21-50)51-22-8-3-9-23-51)38-49(40-14-4-1-5-15-40)39-55(56)59(52-32-28-43(29-33-52)47-26-24-41-16-10-12-18-45(41)36-47)53-34-30-44(31-35-53)48-27-25-42-17-11-13-19-46(42)37-48/h2-3,6-13,16-40H,1,4-5,14-15H2. The summed E-state index contributed by atoms with van der Waals surface area (Å²) in [6.45, 7) is 0. The lowest BCUT2D eigenvalue weighted by molar-refractivity contribution is 0.444. The Morgan fingerprint density at radius 3 is 1.15 bits per heavy atom. The molecule has 9 aromatic rings. The lowest BCUT2D eigenvalue weighted by atomic mass is 9.83. The molecule has 0 amide bonds. The van der Waals surface area contributed by atoms with Gasteiger partial charge >= 0.3 is 0 Å². The van der Waals surface area contributed by atoms with Crippen LogP contribution in [-0.4, -0.2) is 0 Å². The van der Waals surface area contributed by atoms with Gasteiger partial charge in [-0.15, -0.1) is 0 Å². The molecule has 0 bridgehead atoms. The Hall–Kier alpha value is -6.61. The molecule has 59 heavy (non-hydrogen) atoms. The van der Waals surface area contributed by atoms with Gasteiger partial charge in [-0.25, -0.2) is 0 Å². The fraction of sp³-hybridized carbons (Fsp3) is 0.107. The molecule has 3 heteroatoms. The Bertz CT molecular complexity index is 2700. The van der Waals surface area contributed by atoms with E-state index in [9.17, 15) is 0 Å². The first-order valence-corrected chi connectivity index (χ1v) is 21.3. The van der Waals surface area contributed by atoms with E-state index in [4.69, 9.17) is 11.6 Å². The van der Waals surface area contributed by atoms with Crippen molar-refractivity contribution < 1.29 is 0 Å². The number of anilines is 6. The third-order valence-corrected chi connectivity index (χ3v) is 12.4. The molecule has 10 rings (SSSR count). The molecule has 2 nitrogen and oxygen atoms in total. The number of para-hydroxylation sites is 2. The van der Waals surface area contributed by atoms with Crippen LogP contribution in [-0.2, 0) is 0 Å². The highest BCUT2D eigenvalue weighted by atomic mass is 35.5. The van der Waals surface area contributed by atoms with Crippen LogP contribution in [0.15, 0.2) is 206 Å². The Morgan fingerprint density at radius 1 is 0.339 bits per heavy atom. The molecule has 0 spiro atoms. The van der Waals surface area contributed by atoms with Crippen LogP contribution < -0.4 is 9.80 Å². The summed E-state index contributed by atoms with van der Waals surface area (Å²) in [7, 11) is 0. The quantitative estimate of drug-likeness (QED) is 0.144. The van der Waals surface area contributed by atoms with Gasteiger partial charge < -0.3 is 9.80 Å². The van der Waals surface area contributed by atoms with Crippen LogP contribution in [0.3, 0.4) is 0 Å². The maximum atomic E-state index is 7.89. The van der Waals surface area contributed by atoms with Gasteiger partial charge in [-0.2, -0.15) is 0 Å². The van der Waals surface area contributed by atoms with Crippen molar-refractivity contribution in [3.8, 4) is 22.3 Å². The number of rotatable bonds is 9. The zero-order valence-corrected chi connectivity index (χ0v) is 33.8. The van der Waals surface area contributed by atoms with E-state index >= 15 is 0 Å². The van der Waals surface area contributed by atoms with Gasteiger partial charge in [-0.1, -0.05) is 164 Å². The Morgan fingerprint density at radius 2 is 0.712 bits per heavy atom. The van der Waals surface area contributed by atoms with E-state index in [1.807, 2.05) is 0 Å². The second-order valence-corrected chi connectivity index (χ2v) is 16.1. The highest BCUT2D eigenvalue weighted by Gasteiger charge is 2.26. The Labute approximate surface area is 352 Å². The van der Waals surface area contributed by atoms with E-state index in [-0.39, 0.29) is 0 Å². The van der Waals surface area contributed by atoms with Crippen molar-refractivity contribution in [3.05, 3.63) is 217 Å². The van der Waals surface area contributed by atoms with Gasteiger partial charge in [0.1, 0.15) is 0 Å². The molecule has 0 aliphatic heterocycles. The lowest BCUT2D eigenvalue weighted by Crippen LogP contribution is -2.16. The average Bonchev–Trinajstić information content (AvgIpc) is 3.31. The predicted molar refractivity (Wildman–Crippen MR) is 253 cm³/mol. The van der Waals surface area contributed by atoms with Crippen molar-refractivity contribution in [3.63, 3.8) is 0 Å². The lowest BCUT2D eigenvalue weighted by Gasteiger charge is -2.33. The van der Waals surface area contributed by atoms with E-state index in [1.165, 1.54) is 81.5 Å². The number of nitrogens with zero attached hydrogens (tertiary/aromatic N) is 2. The normalized spacial score (nSPS) is 13.1. The van der Waals surface area contributed by atoms with Crippen molar-refractivity contribution in [2.75, 3.05) is 9.80 Å². The molecule has 0 saturated heterocycles. The minimum absolute atomic E-state index is 0.458. The van der Waals surface area contributed by atoms with Gasteiger partial charge in [0.05, 0.1) is 16.4 Å². The first-order valence-electron chi connectivity index (χ1n) is 20.9. The van der Waals surface area contributed by atoms with Gasteiger partial charge in [0.2, 0.25) is 0 Å². The molecule has 286 valence electrons. The van der Waals surface area contributed by atoms with E-state index < -0.39 is 0 Å². The van der Waals surface area contributed by atoms with Crippen molar-refractivity contribution in [1.82, 2.24) is 0 Å². The molecule has 1 fully saturated rings. The molecule has 0 unspecified atom stereocenters. The van der Waals surface area contributed by atoms with Crippen LogP contribution in [0, 0.1) is 0 Å². The first-order chi connectivity index (χ1) is 29.2. The van der Waals surface area contributed by atoms with Gasteiger partial charge in [-0.3, -0.25) is 0 Å². The number of hydrogen-bond acceptors (Lipinski definition) is 2. The van der Waals surface area contributed by atoms with Crippen molar-refractivity contribution in [2.24, 2.45) is 0 Å². The average molecular weight is 781 g/mol. The van der Waals surface area contributed by atoms with Gasteiger partial charge in [0.25, 0.3) is 0 Å². The SMILES string of the molecule is Clc1c(N(c2ccccc2)c2ccccc2)cc(C2CCCCC2)cc1N(c1ccc(-c2ccc3ccccc3c2)cc1)c1ccc(-c2ccc3ccccc3c2)cc1. The molecule has 1 aliphatic rings. The first kappa shape index (κ1) is 36.7. The smallest absolute Gasteiger partial charge is 0.0887 e. The van der Waals surface area contributed by atoms with Crippen LogP contribution in [0.5, 0.6) is 0 Å². The van der Waals surface area contributed by atoms with E-state index in [2.05, 4.69) is 216 Å². The highest BCUT2D eigenvalue weighted by molar-refractivity contribution is 6.36. The summed E-state index contributed by atoms with van der Waals surface area (Å²) in [6, 6.07) is 74.5. The summed E-state index contributed by atoms with van der Waals surface area (Å²) >= 11 is 7.89. The van der Waals surface area contributed by atoms with Crippen LogP contribution >= 0.6 is 11.6 Å². The monoisotopic (exact) mass is 780 g/mol. The van der Waals surface area contributed by atoms with Crippen molar-refractivity contribution >= 4 is 67.3 Å². The summed E-state index contributed by atoms with van der Waals surface area (Å²) in [5.74, 6) is 0.458. The van der Waals surface area contributed by atoms with E-state index in [0.717, 1.165) is 34.1 Å². The largest absolute Gasteiger partial charge is 0.309 e. The number of benzene rings is 9. The summed E-state index contributed by atoms with van der Waals surface area (Å²) in [5.41, 5.74) is 12.3. The molecule has 0 atom stereocenters. The number of hydrogen-bond donors (Lipinski definition) is 0. The fourth-order valence-electron chi connectivity index (χ4n) is 8.96. The minimum Gasteiger partial charge on any atom is -0.309 e. The minimum atomic E-state index is 0.458. The van der Waals surface area contributed by atoms with Gasteiger partial charge in [0.15, 0.2) is 0 Å². The van der Waals surface area contributed by atoms with Crippen LogP contribution in [0.1, 0.15) is 43.6 Å². The molecule has 0 radical (unpaired) electrons. The second kappa shape index (κ2) is 16.3. The molecular formula is C56H45ClN2.